The van der Waals surface area contributed by atoms with E-state index >= 15 is 0 Å². The number of para-hydroxylation sites is 2. The van der Waals surface area contributed by atoms with Crippen LogP contribution in [0.25, 0.3) is 5.69 Å². The molecular weight excluding hydrogens is 318 g/mol. The Kier molecular flexibility index (Phi) is 4.83. The van der Waals surface area contributed by atoms with Gasteiger partial charge in [-0.1, -0.05) is 12.1 Å². The number of hydrogen-bond donors (Lipinski definition) is 1. The molecule has 2 heterocycles. The number of carbonyl (C=O) groups excluding carboxylic acids is 1. The average molecular weight is 339 g/mol. The molecule has 0 unspecified atom stereocenters. The highest BCUT2D eigenvalue weighted by molar-refractivity contribution is 5.94. The van der Waals surface area contributed by atoms with Crippen molar-refractivity contribution in [3.63, 3.8) is 0 Å². The lowest BCUT2D eigenvalue weighted by Crippen LogP contribution is -2.23. The second kappa shape index (κ2) is 7.21. The van der Waals surface area contributed by atoms with E-state index in [1.54, 1.807) is 28.9 Å². The standard InChI is InChI=1S/C18H21N5O2/c1-4-22-13(2)15(11-21-22)18(24)19-9-14-10-20-23(12-14)16-7-5-6-8-17(16)25-3/h5-8,10-12H,4,9H2,1-3H3,(H,19,24). The van der Waals surface area contributed by atoms with Crippen LogP contribution in [0.5, 0.6) is 5.75 Å². The molecule has 7 heteroatoms. The summed E-state index contributed by atoms with van der Waals surface area (Å²) in [7, 11) is 1.63. The molecule has 1 aromatic carbocycles. The van der Waals surface area contributed by atoms with E-state index in [2.05, 4.69) is 15.5 Å². The van der Waals surface area contributed by atoms with Gasteiger partial charge in [0, 0.05) is 30.5 Å². The summed E-state index contributed by atoms with van der Waals surface area (Å²) in [6.45, 7) is 5.02. The maximum Gasteiger partial charge on any atom is 0.255 e. The number of hydrogen-bond acceptors (Lipinski definition) is 4. The molecular formula is C18H21N5O2. The number of methoxy groups -OCH3 is 1. The van der Waals surface area contributed by atoms with Gasteiger partial charge in [0.1, 0.15) is 11.4 Å². The van der Waals surface area contributed by atoms with Gasteiger partial charge in [0.05, 0.1) is 25.1 Å². The van der Waals surface area contributed by atoms with Crippen LogP contribution in [-0.2, 0) is 13.1 Å². The first-order valence-corrected chi connectivity index (χ1v) is 8.11. The summed E-state index contributed by atoms with van der Waals surface area (Å²) in [5.74, 6) is 0.603. The summed E-state index contributed by atoms with van der Waals surface area (Å²) in [6.07, 6.45) is 5.21. The summed E-state index contributed by atoms with van der Waals surface area (Å²) in [5.41, 5.74) is 3.21. The van der Waals surface area contributed by atoms with Crippen molar-refractivity contribution in [2.45, 2.75) is 26.9 Å². The van der Waals surface area contributed by atoms with Crippen LogP contribution in [0.2, 0.25) is 0 Å². The highest BCUT2D eigenvalue weighted by Gasteiger charge is 2.14. The Hall–Kier alpha value is -3.09. The molecule has 25 heavy (non-hydrogen) atoms. The largest absolute Gasteiger partial charge is 0.494 e. The Labute approximate surface area is 146 Å². The van der Waals surface area contributed by atoms with E-state index < -0.39 is 0 Å². The number of aryl methyl sites for hydroxylation is 1. The van der Waals surface area contributed by atoms with Gasteiger partial charge in [-0.2, -0.15) is 10.2 Å². The molecule has 0 spiro atoms. The monoisotopic (exact) mass is 339 g/mol. The van der Waals surface area contributed by atoms with Crippen LogP contribution >= 0.6 is 0 Å². The zero-order valence-electron chi connectivity index (χ0n) is 14.6. The van der Waals surface area contributed by atoms with Crippen molar-refractivity contribution in [2.24, 2.45) is 0 Å². The van der Waals surface area contributed by atoms with Gasteiger partial charge in [0.15, 0.2) is 0 Å². The van der Waals surface area contributed by atoms with Crippen LogP contribution in [0.15, 0.2) is 42.9 Å². The fourth-order valence-corrected chi connectivity index (χ4v) is 2.67. The number of amides is 1. The summed E-state index contributed by atoms with van der Waals surface area (Å²) in [5, 5.41) is 11.5. The molecule has 0 saturated carbocycles. The minimum Gasteiger partial charge on any atom is -0.494 e. The Morgan fingerprint density at radius 1 is 1.24 bits per heavy atom. The van der Waals surface area contributed by atoms with Crippen molar-refractivity contribution >= 4 is 5.91 Å². The van der Waals surface area contributed by atoms with E-state index in [0.29, 0.717) is 12.1 Å². The maximum atomic E-state index is 12.3. The molecule has 0 radical (unpaired) electrons. The first-order chi connectivity index (χ1) is 12.1. The van der Waals surface area contributed by atoms with E-state index in [1.807, 2.05) is 44.3 Å². The topological polar surface area (TPSA) is 74.0 Å². The van der Waals surface area contributed by atoms with Crippen molar-refractivity contribution in [3.8, 4) is 11.4 Å². The summed E-state index contributed by atoms with van der Waals surface area (Å²) < 4.78 is 8.89. The summed E-state index contributed by atoms with van der Waals surface area (Å²) >= 11 is 0. The molecule has 3 rings (SSSR count). The number of ether oxygens (including phenoxy) is 1. The lowest BCUT2D eigenvalue weighted by molar-refractivity contribution is 0.0950. The molecule has 0 aliphatic heterocycles. The SMILES string of the molecule is CCn1ncc(C(=O)NCc2cnn(-c3ccccc3OC)c2)c1C. The van der Waals surface area contributed by atoms with Gasteiger partial charge >= 0.3 is 0 Å². The molecule has 7 nitrogen and oxygen atoms in total. The Bertz CT molecular complexity index is 881. The molecule has 130 valence electrons. The summed E-state index contributed by atoms with van der Waals surface area (Å²) in [6, 6.07) is 7.64. The number of rotatable bonds is 6. The number of benzene rings is 1. The number of nitrogens with one attached hydrogen (secondary N) is 1. The van der Waals surface area contributed by atoms with Gasteiger partial charge in [0.25, 0.3) is 5.91 Å². The van der Waals surface area contributed by atoms with Gasteiger partial charge in [-0.15, -0.1) is 0 Å². The number of nitrogens with zero attached hydrogens (tertiary/aromatic N) is 4. The Balaban J connectivity index is 1.69. The molecule has 2 aromatic heterocycles. The first kappa shape index (κ1) is 16.8. The predicted molar refractivity (Wildman–Crippen MR) is 93.9 cm³/mol. The normalized spacial score (nSPS) is 10.7. The molecule has 0 aliphatic carbocycles. The van der Waals surface area contributed by atoms with Crippen molar-refractivity contribution < 1.29 is 9.53 Å². The molecule has 0 atom stereocenters. The zero-order valence-corrected chi connectivity index (χ0v) is 14.6. The van der Waals surface area contributed by atoms with Crippen LogP contribution in [0, 0.1) is 6.92 Å². The van der Waals surface area contributed by atoms with Gasteiger partial charge in [-0.05, 0) is 26.0 Å². The van der Waals surface area contributed by atoms with E-state index in [4.69, 9.17) is 4.74 Å². The fourth-order valence-electron chi connectivity index (χ4n) is 2.67. The molecule has 0 aliphatic rings. The van der Waals surface area contributed by atoms with Crippen molar-refractivity contribution in [3.05, 3.63) is 59.7 Å². The van der Waals surface area contributed by atoms with E-state index in [9.17, 15) is 4.79 Å². The molecule has 1 amide bonds. The third-order valence-corrected chi connectivity index (χ3v) is 4.07. The second-order valence-corrected chi connectivity index (χ2v) is 5.61. The highest BCUT2D eigenvalue weighted by atomic mass is 16.5. The van der Waals surface area contributed by atoms with E-state index in [0.717, 1.165) is 29.2 Å². The van der Waals surface area contributed by atoms with Crippen molar-refractivity contribution in [1.29, 1.82) is 0 Å². The number of aromatic nitrogens is 4. The molecule has 1 N–H and O–H groups in total. The van der Waals surface area contributed by atoms with Crippen molar-refractivity contribution in [1.82, 2.24) is 24.9 Å². The summed E-state index contributed by atoms with van der Waals surface area (Å²) in [4.78, 5) is 12.3. The average Bonchev–Trinajstić information content (AvgIpc) is 3.26. The lowest BCUT2D eigenvalue weighted by atomic mass is 10.2. The van der Waals surface area contributed by atoms with Crippen LogP contribution in [-0.4, -0.2) is 32.6 Å². The molecule has 0 saturated heterocycles. The third kappa shape index (κ3) is 3.40. The Morgan fingerprint density at radius 3 is 2.76 bits per heavy atom. The van der Waals surface area contributed by atoms with E-state index in [1.165, 1.54) is 0 Å². The van der Waals surface area contributed by atoms with Gasteiger partial charge in [-0.3, -0.25) is 9.48 Å². The predicted octanol–water partition coefficient (Wildman–Crippen LogP) is 2.34. The molecule has 3 aromatic rings. The van der Waals surface area contributed by atoms with Crippen molar-refractivity contribution in [2.75, 3.05) is 7.11 Å². The van der Waals surface area contributed by atoms with E-state index in [-0.39, 0.29) is 5.91 Å². The zero-order chi connectivity index (χ0) is 17.8. The number of carbonyl (C=O) groups is 1. The quantitative estimate of drug-likeness (QED) is 0.748. The van der Waals surface area contributed by atoms with Crippen LogP contribution in [0.3, 0.4) is 0 Å². The fraction of sp³-hybridized carbons (Fsp3) is 0.278. The maximum absolute atomic E-state index is 12.3. The van der Waals surface area contributed by atoms with Gasteiger partial charge < -0.3 is 10.1 Å². The smallest absolute Gasteiger partial charge is 0.255 e. The lowest BCUT2D eigenvalue weighted by Gasteiger charge is -2.07. The molecule has 0 bridgehead atoms. The third-order valence-electron chi connectivity index (χ3n) is 4.07. The highest BCUT2D eigenvalue weighted by Crippen LogP contribution is 2.21. The minimum atomic E-state index is -0.137. The minimum absolute atomic E-state index is 0.137. The van der Waals surface area contributed by atoms with Gasteiger partial charge in [0.2, 0.25) is 0 Å². The molecule has 0 fully saturated rings. The first-order valence-electron chi connectivity index (χ1n) is 8.11. The van der Waals surface area contributed by atoms with Crippen LogP contribution < -0.4 is 10.1 Å². The van der Waals surface area contributed by atoms with Crippen LogP contribution in [0.4, 0.5) is 0 Å². The van der Waals surface area contributed by atoms with Gasteiger partial charge in [-0.25, -0.2) is 4.68 Å². The Morgan fingerprint density at radius 2 is 2.04 bits per heavy atom. The van der Waals surface area contributed by atoms with Crippen LogP contribution in [0.1, 0.15) is 28.5 Å². The second-order valence-electron chi connectivity index (χ2n) is 5.61.